The van der Waals surface area contributed by atoms with Gasteiger partial charge in [-0.05, 0) is 40.5 Å². The lowest BCUT2D eigenvalue weighted by Crippen LogP contribution is -2.37. The van der Waals surface area contributed by atoms with Crippen LogP contribution in [-0.2, 0) is 20.1 Å². The van der Waals surface area contributed by atoms with Crippen molar-refractivity contribution in [3.05, 3.63) is 34.3 Å². The summed E-state index contributed by atoms with van der Waals surface area (Å²) in [6, 6.07) is 3.94. The molecule has 3 rings (SSSR count). The number of aromatic nitrogens is 3. The Bertz CT molecular complexity index is 746. The number of fused-ring (bicyclic) bond motifs is 1. The summed E-state index contributed by atoms with van der Waals surface area (Å²) in [4.78, 5) is 8.79. The van der Waals surface area contributed by atoms with Crippen LogP contribution in [0.15, 0.2) is 27.9 Å². The third kappa shape index (κ3) is 3.78. The van der Waals surface area contributed by atoms with Crippen LogP contribution < -0.4 is 20.1 Å². The number of aliphatic imine (C=N–C) groups is 1. The maximum absolute atomic E-state index is 5.43. The van der Waals surface area contributed by atoms with E-state index in [1.165, 1.54) is 6.33 Å². The summed E-state index contributed by atoms with van der Waals surface area (Å²) in [5.41, 5.74) is 1.03. The number of ether oxygens (including phenoxy) is 2. The van der Waals surface area contributed by atoms with Crippen LogP contribution in [0.2, 0.25) is 0 Å². The van der Waals surface area contributed by atoms with Gasteiger partial charge in [-0.3, -0.25) is 4.68 Å². The van der Waals surface area contributed by atoms with Gasteiger partial charge in [0.25, 0.3) is 0 Å². The lowest BCUT2D eigenvalue weighted by molar-refractivity contribution is 0.173. The topological polar surface area (TPSA) is 85.6 Å². The highest BCUT2D eigenvalue weighted by molar-refractivity contribution is 9.10. The molecule has 0 radical (unpaired) electrons. The third-order valence-electron chi connectivity index (χ3n) is 3.47. The fourth-order valence-corrected chi connectivity index (χ4v) is 2.87. The number of halogens is 1. The summed E-state index contributed by atoms with van der Waals surface area (Å²) < 4.78 is 13.4. The van der Waals surface area contributed by atoms with E-state index in [0.717, 1.165) is 33.9 Å². The molecule has 24 heavy (non-hydrogen) atoms. The quantitative estimate of drug-likeness (QED) is 0.591. The monoisotopic (exact) mass is 394 g/mol. The van der Waals surface area contributed by atoms with Crippen LogP contribution in [0.5, 0.6) is 11.5 Å². The van der Waals surface area contributed by atoms with Gasteiger partial charge in [-0.15, -0.1) is 0 Å². The fourth-order valence-electron chi connectivity index (χ4n) is 2.27. The molecule has 1 aliphatic rings. The summed E-state index contributed by atoms with van der Waals surface area (Å²) in [6.07, 6.45) is 1.53. The maximum Gasteiger partial charge on any atom is 0.231 e. The van der Waals surface area contributed by atoms with E-state index < -0.39 is 0 Å². The highest BCUT2D eigenvalue weighted by Gasteiger charge is 2.17. The van der Waals surface area contributed by atoms with Crippen molar-refractivity contribution in [2.24, 2.45) is 12.0 Å². The summed E-state index contributed by atoms with van der Waals surface area (Å²) in [7, 11) is 1.86. The molecule has 0 unspecified atom stereocenters. The van der Waals surface area contributed by atoms with Gasteiger partial charge in [0.2, 0.25) is 6.79 Å². The first-order valence-electron chi connectivity index (χ1n) is 7.60. The Morgan fingerprint density at radius 1 is 1.38 bits per heavy atom. The lowest BCUT2D eigenvalue weighted by atomic mass is 10.2. The highest BCUT2D eigenvalue weighted by atomic mass is 79.9. The van der Waals surface area contributed by atoms with Crippen molar-refractivity contribution in [3.8, 4) is 11.5 Å². The molecular formula is C15H19BrN6O2. The Morgan fingerprint density at radius 2 is 2.25 bits per heavy atom. The molecule has 128 valence electrons. The maximum atomic E-state index is 5.43. The number of hydrogen-bond donors (Lipinski definition) is 2. The van der Waals surface area contributed by atoms with Crippen LogP contribution in [0, 0.1) is 0 Å². The van der Waals surface area contributed by atoms with Crippen molar-refractivity contribution in [2.75, 3.05) is 13.3 Å². The molecule has 0 saturated carbocycles. The molecular weight excluding hydrogens is 376 g/mol. The van der Waals surface area contributed by atoms with Gasteiger partial charge in [-0.25, -0.2) is 9.98 Å². The minimum atomic E-state index is 0.253. The second kappa shape index (κ2) is 7.52. The SMILES string of the molecule is CCNC(=NCc1cc(Br)c2c(c1)OCO2)NCc1ncnn1C. The fraction of sp³-hybridized carbons (Fsp3) is 0.400. The average Bonchev–Trinajstić information content (AvgIpc) is 3.19. The van der Waals surface area contributed by atoms with Crippen molar-refractivity contribution in [1.29, 1.82) is 0 Å². The largest absolute Gasteiger partial charge is 0.454 e. The zero-order valence-electron chi connectivity index (χ0n) is 13.5. The molecule has 0 spiro atoms. The molecule has 1 aromatic carbocycles. The van der Waals surface area contributed by atoms with E-state index in [-0.39, 0.29) is 6.79 Å². The average molecular weight is 395 g/mol. The molecule has 2 heterocycles. The van der Waals surface area contributed by atoms with E-state index in [1.54, 1.807) is 4.68 Å². The number of rotatable bonds is 5. The molecule has 0 bridgehead atoms. The van der Waals surface area contributed by atoms with Gasteiger partial charge in [0.05, 0.1) is 17.6 Å². The van der Waals surface area contributed by atoms with Crippen LogP contribution in [0.1, 0.15) is 18.3 Å². The predicted octanol–water partition coefficient (Wildman–Crippen LogP) is 1.56. The number of nitrogens with one attached hydrogen (secondary N) is 2. The van der Waals surface area contributed by atoms with E-state index in [0.29, 0.717) is 19.0 Å². The van der Waals surface area contributed by atoms with Crippen molar-refractivity contribution < 1.29 is 9.47 Å². The molecule has 0 atom stereocenters. The Balaban J connectivity index is 1.67. The first kappa shape index (κ1) is 16.6. The first-order chi connectivity index (χ1) is 11.7. The summed E-state index contributed by atoms with van der Waals surface area (Å²) >= 11 is 3.50. The minimum absolute atomic E-state index is 0.253. The molecule has 0 aliphatic carbocycles. The van der Waals surface area contributed by atoms with Crippen LogP contribution in [-0.4, -0.2) is 34.1 Å². The Morgan fingerprint density at radius 3 is 3.00 bits per heavy atom. The molecule has 0 fully saturated rings. The number of hydrogen-bond acceptors (Lipinski definition) is 5. The number of benzene rings is 1. The zero-order chi connectivity index (χ0) is 16.9. The Labute approximate surface area is 148 Å². The molecule has 8 nitrogen and oxygen atoms in total. The van der Waals surface area contributed by atoms with Crippen LogP contribution in [0.3, 0.4) is 0 Å². The molecule has 2 N–H and O–H groups in total. The smallest absolute Gasteiger partial charge is 0.231 e. The zero-order valence-corrected chi connectivity index (χ0v) is 15.1. The van der Waals surface area contributed by atoms with Gasteiger partial charge in [0, 0.05) is 13.6 Å². The third-order valence-corrected chi connectivity index (χ3v) is 4.06. The van der Waals surface area contributed by atoms with Crippen molar-refractivity contribution in [2.45, 2.75) is 20.0 Å². The van der Waals surface area contributed by atoms with E-state index in [9.17, 15) is 0 Å². The molecule has 1 aromatic heterocycles. The molecule has 0 saturated heterocycles. The van der Waals surface area contributed by atoms with E-state index in [1.807, 2.05) is 26.1 Å². The van der Waals surface area contributed by atoms with Gasteiger partial charge in [-0.2, -0.15) is 5.10 Å². The predicted molar refractivity (Wildman–Crippen MR) is 92.9 cm³/mol. The van der Waals surface area contributed by atoms with E-state index >= 15 is 0 Å². The molecule has 1 aliphatic heterocycles. The standard InChI is InChI=1S/C15H19BrN6O2/c1-3-17-15(19-7-13-20-8-21-22(13)2)18-6-10-4-11(16)14-12(5-10)23-9-24-14/h4-5,8H,3,6-7,9H2,1-2H3,(H2,17,18,19). The van der Waals surface area contributed by atoms with Crippen LogP contribution in [0.25, 0.3) is 0 Å². The van der Waals surface area contributed by atoms with Gasteiger partial charge in [0.15, 0.2) is 17.5 Å². The van der Waals surface area contributed by atoms with Crippen LogP contribution in [0.4, 0.5) is 0 Å². The number of aryl methyl sites for hydroxylation is 1. The Kier molecular flexibility index (Phi) is 5.19. The molecule has 9 heteroatoms. The van der Waals surface area contributed by atoms with E-state index in [4.69, 9.17) is 9.47 Å². The van der Waals surface area contributed by atoms with Gasteiger partial charge >= 0.3 is 0 Å². The molecule has 2 aromatic rings. The Hall–Kier alpha value is -2.29. The second-order valence-corrected chi connectivity index (χ2v) is 6.01. The van der Waals surface area contributed by atoms with Crippen molar-refractivity contribution in [1.82, 2.24) is 25.4 Å². The second-order valence-electron chi connectivity index (χ2n) is 5.16. The summed E-state index contributed by atoms with van der Waals surface area (Å²) in [6.45, 7) is 4.12. The lowest BCUT2D eigenvalue weighted by Gasteiger charge is -2.11. The van der Waals surface area contributed by atoms with Crippen molar-refractivity contribution >= 4 is 21.9 Å². The van der Waals surface area contributed by atoms with E-state index in [2.05, 4.69) is 41.6 Å². The summed E-state index contributed by atoms with van der Waals surface area (Å²) in [5, 5.41) is 10.5. The highest BCUT2D eigenvalue weighted by Crippen LogP contribution is 2.40. The van der Waals surface area contributed by atoms with Gasteiger partial charge in [0.1, 0.15) is 12.2 Å². The number of guanidine groups is 1. The molecule has 0 amide bonds. The summed E-state index contributed by atoms with van der Waals surface area (Å²) in [5.74, 6) is 3.04. The normalized spacial score (nSPS) is 13.2. The number of nitrogens with zero attached hydrogens (tertiary/aromatic N) is 4. The van der Waals surface area contributed by atoms with Gasteiger partial charge < -0.3 is 20.1 Å². The van der Waals surface area contributed by atoms with Gasteiger partial charge in [-0.1, -0.05) is 0 Å². The first-order valence-corrected chi connectivity index (χ1v) is 8.39. The minimum Gasteiger partial charge on any atom is -0.454 e. The van der Waals surface area contributed by atoms with Crippen molar-refractivity contribution in [3.63, 3.8) is 0 Å². The van der Waals surface area contributed by atoms with Crippen LogP contribution >= 0.6 is 15.9 Å².